The summed E-state index contributed by atoms with van der Waals surface area (Å²) in [6.07, 6.45) is 0.224. The number of halogens is 1. The summed E-state index contributed by atoms with van der Waals surface area (Å²) >= 11 is 5.09. The van der Waals surface area contributed by atoms with Gasteiger partial charge in [-0.1, -0.05) is 25.1 Å². The zero-order chi connectivity index (χ0) is 13.0. The Balaban J connectivity index is 2.09. The van der Waals surface area contributed by atoms with Crippen LogP contribution in [0.4, 0.5) is 0 Å². The molecule has 0 fully saturated rings. The maximum atomic E-state index is 9.93. The van der Waals surface area contributed by atoms with Gasteiger partial charge in [-0.2, -0.15) is 0 Å². The Hall–Kier alpha value is -0.840. The van der Waals surface area contributed by atoms with E-state index >= 15 is 0 Å². The average Bonchev–Trinajstić information content (AvgIpc) is 2.81. The number of thiophene rings is 1. The van der Waals surface area contributed by atoms with Crippen molar-refractivity contribution in [1.82, 2.24) is 0 Å². The highest BCUT2D eigenvalue weighted by Crippen LogP contribution is 2.29. The zero-order valence-electron chi connectivity index (χ0n) is 10.1. The number of aliphatic hydroxyl groups excluding tert-OH is 1. The van der Waals surface area contributed by atoms with E-state index in [0.717, 1.165) is 20.0 Å². The Labute approximate surface area is 119 Å². The smallest absolute Gasteiger partial charge is 0.125 e. The van der Waals surface area contributed by atoms with Gasteiger partial charge in [-0.25, -0.2) is 0 Å². The first kappa shape index (κ1) is 13.6. The summed E-state index contributed by atoms with van der Waals surface area (Å²) in [6, 6.07) is 11.7. The molecule has 0 saturated heterocycles. The third-order valence-corrected chi connectivity index (χ3v) is 4.26. The SMILES string of the molecule is CC[C@@H](O)c1ccccc1OCc1ccc(Br)s1. The summed E-state index contributed by atoms with van der Waals surface area (Å²) in [5.74, 6) is 0.761. The van der Waals surface area contributed by atoms with Crippen LogP contribution < -0.4 is 4.74 Å². The molecule has 1 aromatic carbocycles. The van der Waals surface area contributed by atoms with E-state index in [2.05, 4.69) is 15.9 Å². The summed E-state index contributed by atoms with van der Waals surface area (Å²) in [5.41, 5.74) is 0.857. The maximum absolute atomic E-state index is 9.93. The molecule has 0 aliphatic heterocycles. The van der Waals surface area contributed by atoms with Gasteiger partial charge in [-0.15, -0.1) is 11.3 Å². The highest BCUT2D eigenvalue weighted by Gasteiger charge is 2.11. The normalized spacial score (nSPS) is 12.4. The molecule has 1 N–H and O–H groups in total. The number of benzene rings is 1. The summed E-state index contributed by atoms with van der Waals surface area (Å²) < 4.78 is 6.89. The van der Waals surface area contributed by atoms with Crippen molar-refractivity contribution in [3.8, 4) is 5.75 Å². The fourth-order valence-corrected chi connectivity index (χ4v) is 3.08. The van der Waals surface area contributed by atoms with Gasteiger partial charge in [0, 0.05) is 10.4 Å². The standard InChI is InChI=1S/C14H15BrO2S/c1-2-12(16)11-5-3-4-6-13(11)17-9-10-7-8-14(15)18-10/h3-8,12,16H,2,9H2,1H3/t12-/m1/s1. The number of rotatable bonds is 5. The highest BCUT2D eigenvalue weighted by atomic mass is 79.9. The maximum Gasteiger partial charge on any atom is 0.125 e. The van der Waals surface area contributed by atoms with Crippen molar-refractivity contribution in [2.24, 2.45) is 0 Å². The molecule has 0 aliphatic rings. The third-order valence-electron chi connectivity index (χ3n) is 2.66. The number of hydrogen-bond donors (Lipinski definition) is 1. The predicted octanol–water partition coefficient (Wildman–Crippen LogP) is 4.53. The summed E-state index contributed by atoms with van der Waals surface area (Å²) in [5, 5.41) is 9.93. The number of aliphatic hydroxyl groups is 1. The van der Waals surface area contributed by atoms with Gasteiger partial charge in [0.25, 0.3) is 0 Å². The van der Waals surface area contributed by atoms with Crippen LogP contribution in [0.15, 0.2) is 40.2 Å². The minimum absolute atomic E-state index is 0.462. The van der Waals surface area contributed by atoms with Crippen molar-refractivity contribution in [2.75, 3.05) is 0 Å². The van der Waals surface area contributed by atoms with Gasteiger partial charge < -0.3 is 9.84 Å². The second-order valence-corrected chi connectivity index (χ2v) is 6.50. The molecule has 0 saturated carbocycles. The second-order valence-electron chi connectivity index (χ2n) is 3.96. The highest BCUT2D eigenvalue weighted by molar-refractivity contribution is 9.11. The molecule has 1 heterocycles. The Morgan fingerprint density at radius 3 is 2.72 bits per heavy atom. The van der Waals surface area contributed by atoms with E-state index in [0.29, 0.717) is 13.0 Å². The van der Waals surface area contributed by atoms with Gasteiger partial charge in [0.15, 0.2) is 0 Å². The van der Waals surface area contributed by atoms with E-state index in [-0.39, 0.29) is 0 Å². The Morgan fingerprint density at radius 1 is 1.28 bits per heavy atom. The van der Waals surface area contributed by atoms with Crippen LogP contribution in [-0.2, 0) is 6.61 Å². The van der Waals surface area contributed by atoms with Crippen LogP contribution in [0.1, 0.15) is 29.9 Å². The van der Waals surface area contributed by atoms with Gasteiger partial charge in [0.05, 0.1) is 9.89 Å². The molecule has 0 unspecified atom stereocenters. The zero-order valence-corrected chi connectivity index (χ0v) is 12.5. The largest absolute Gasteiger partial charge is 0.488 e. The molecule has 0 aliphatic carbocycles. The summed E-state index contributed by atoms with van der Waals surface area (Å²) in [7, 11) is 0. The van der Waals surface area contributed by atoms with Crippen LogP contribution in [0.3, 0.4) is 0 Å². The van der Waals surface area contributed by atoms with E-state index in [1.807, 2.05) is 43.3 Å². The lowest BCUT2D eigenvalue weighted by molar-refractivity contribution is 0.166. The fraction of sp³-hybridized carbons (Fsp3) is 0.286. The van der Waals surface area contributed by atoms with Crippen LogP contribution in [0, 0.1) is 0 Å². The predicted molar refractivity (Wildman–Crippen MR) is 78.0 cm³/mol. The van der Waals surface area contributed by atoms with Gasteiger partial charge >= 0.3 is 0 Å². The first-order chi connectivity index (χ1) is 8.70. The minimum atomic E-state index is -0.462. The van der Waals surface area contributed by atoms with E-state index < -0.39 is 6.10 Å². The van der Waals surface area contributed by atoms with Gasteiger partial charge in [-0.3, -0.25) is 0 Å². The van der Waals surface area contributed by atoms with Crippen LogP contribution in [0.25, 0.3) is 0 Å². The molecular formula is C14H15BrO2S. The molecular weight excluding hydrogens is 312 g/mol. The van der Waals surface area contributed by atoms with Crippen molar-refractivity contribution >= 4 is 27.3 Å². The molecule has 1 aromatic heterocycles. The van der Waals surface area contributed by atoms with E-state index in [4.69, 9.17) is 4.74 Å². The number of para-hydroxylation sites is 1. The Kier molecular flexibility index (Phi) is 4.80. The monoisotopic (exact) mass is 326 g/mol. The van der Waals surface area contributed by atoms with Crippen LogP contribution in [0.2, 0.25) is 0 Å². The van der Waals surface area contributed by atoms with Crippen molar-refractivity contribution < 1.29 is 9.84 Å². The summed E-state index contributed by atoms with van der Waals surface area (Å²) in [4.78, 5) is 1.16. The van der Waals surface area contributed by atoms with Crippen molar-refractivity contribution in [1.29, 1.82) is 0 Å². The number of ether oxygens (including phenoxy) is 1. The van der Waals surface area contributed by atoms with Crippen molar-refractivity contribution in [3.63, 3.8) is 0 Å². The van der Waals surface area contributed by atoms with E-state index in [9.17, 15) is 5.11 Å². The minimum Gasteiger partial charge on any atom is -0.488 e. The fourth-order valence-electron chi connectivity index (χ4n) is 1.69. The molecule has 4 heteroatoms. The van der Waals surface area contributed by atoms with Crippen molar-refractivity contribution in [2.45, 2.75) is 26.1 Å². The second kappa shape index (κ2) is 6.36. The van der Waals surface area contributed by atoms with E-state index in [1.165, 1.54) is 0 Å². The van der Waals surface area contributed by atoms with Crippen molar-refractivity contribution in [3.05, 3.63) is 50.6 Å². The lowest BCUT2D eigenvalue weighted by Crippen LogP contribution is -2.01. The molecule has 96 valence electrons. The lowest BCUT2D eigenvalue weighted by atomic mass is 10.1. The summed E-state index contributed by atoms with van der Waals surface area (Å²) in [6.45, 7) is 2.49. The topological polar surface area (TPSA) is 29.5 Å². The average molecular weight is 327 g/mol. The quantitative estimate of drug-likeness (QED) is 0.874. The molecule has 0 spiro atoms. The molecule has 0 radical (unpaired) electrons. The number of hydrogen-bond acceptors (Lipinski definition) is 3. The molecule has 1 atom stereocenters. The lowest BCUT2D eigenvalue weighted by Gasteiger charge is -2.14. The van der Waals surface area contributed by atoms with Crippen LogP contribution >= 0.6 is 27.3 Å². The molecule has 0 amide bonds. The molecule has 2 nitrogen and oxygen atoms in total. The Bertz CT molecular complexity index is 510. The molecule has 2 aromatic rings. The first-order valence-corrected chi connectivity index (χ1v) is 7.45. The van der Waals surface area contributed by atoms with Crippen LogP contribution in [0.5, 0.6) is 5.75 Å². The van der Waals surface area contributed by atoms with Gasteiger partial charge in [0.1, 0.15) is 12.4 Å². The third kappa shape index (κ3) is 3.34. The first-order valence-electron chi connectivity index (χ1n) is 5.84. The van der Waals surface area contributed by atoms with E-state index in [1.54, 1.807) is 11.3 Å². The Morgan fingerprint density at radius 2 is 2.06 bits per heavy atom. The van der Waals surface area contributed by atoms with Gasteiger partial charge in [-0.05, 0) is 40.5 Å². The molecule has 2 rings (SSSR count). The van der Waals surface area contributed by atoms with Crippen LogP contribution in [-0.4, -0.2) is 5.11 Å². The molecule has 18 heavy (non-hydrogen) atoms. The van der Waals surface area contributed by atoms with Gasteiger partial charge in [0.2, 0.25) is 0 Å². The molecule has 0 bridgehead atoms.